The van der Waals surface area contributed by atoms with Crippen molar-refractivity contribution >= 4 is 17.8 Å². The van der Waals surface area contributed by atoms with Crippen molar-refractivity contribution in [2.75, 3.05) is 13.2 Å². The van der Waals surface area contributed by atoms with E-state index in [1.54, 1.807) is 4.90 Å². The van der Waals surface area contributed by atoms with Gasteiger partial charge in [0.15, 0.2) is 0 Å². The van der Waals surface area contributed by atoms with Crippen LogP contribution in [0.1, 0.15) is 12.0 Å². The van der Waals surface area contributed by atoms with Crippen LogP contribution in [0.5, 0.6) is 5.75 Å². The largest absolute Gasteiger partial charge is 0.491 e. The van der Waals surface area contributed by atoms with Gasteiger partial charge in [-0.3, -0.25) is 14.9 Å². The average molecular weight is 289 g/mol. The van der Waals surface area contributed by atoms with Gasteiger partial charge in [0.25, 0.3) is 5.91 Å². The number of hydrogen-bond donors (Lipinski definition) is 2. The second-order valence-electron chi connectivity index (χ2n) is 4.99. The number of ether oxygens (including phenoxy) is 1. The molecule has 7 nitrogen and oxygen atoms in total. The quantitative estimate of drug-likeness (QED) is 0.751. The maximum atomic E-state index is 12.3. The summed E-state index contributed by atoms with van der Waals surface area (Å²) in [6, 6.07) is 6.21. The molecule has 1 saturated heterocycles. The Morgan fingerprint density at radius 3 is 2.90 bits per heavy atom. The smallest absolute Gasteiger partial charge is 0.322 e. The summed E-state index contributed by atoms with van der Waals surface area (Å²) in [7, 11) is 0. The Morgan fingerprint density at radius 2 is 2.14 bits per heavy atom. The first-order valence-electron chi connectivity index (χ1n) is 6.73. The molecule has 0 spiro atoms. The summed E-state index contributed by atoms with van der Waals surface area (Å²) in [6.45, 7) is 1.30. The molecule has 1 atom stereocenters. The van der Waals surface area contributed by atoms with E-state index in [2.05, 4.69) is 10.6 Å². The lowest BCUT2D eigenvalue weighted by Crippen LogP contribution is -2.39. The van der Waals surface area contributed by atoms with Gasteiger partial charge in [0, 0.05) is 12.1 Å². The fourth-order valence-electron chi connectivity index (χ4n) is 2.44. The number of amides is 4. The molecule has 4 amide bonds. The molecular weight excluding hydrogens is 274 g/mol. The number of fused-ring (bicyclic) bond motifs is 1. The van der Waals surface area contributed by atoms with Crippen LogP contribution in [0.4, 0.5) is 4.79 Å². The summed E-state index contributed by atoms with van der Waals surface area (Å²) in [6.07, 6.45) is -0.0419. The monoisotopic (exact) mass is 289 g/mol. The van der Waals surface area contributed by atoms with Crippen molar-refractivity contribution < 1.29 is 19.1 Å². The van der Waals surface area contributed by atoms with Gasteiger partial charge in [0.2, 0.25) is 5.91 Å². The molecule has 21 heavy (non-hydrogen) atoms. The van der Waals surface area contributed by atoms with Crippen molar-refractivity contribution in [3.05, 3.63) is 29.8 Å². The van der Waals surface area contributed by atoms with Crippen LogP contribution in [0.2, 0.25) is 0 Å². The first kappa shape index (κ1) is 13.4. The van der Waals surface area contributed by atoms with Crippen molar-refractivity contribution in [2.45, 2.75) is 19.0 Å². The number of nitrogens with one attached hydrogen (secondary N) is 2. The molecule has 110 valence electrons. The third-order valence-electron chi connectivity index (χ3n) is 3.54. The highest BCUT2D eigenvalue weighted by molar-refractivity contribution is 6.05. The van der Waals surface area contributed by atoms with E-state index in [0.29, 0.717) is 19.7 Å². The van der Waals surface area contributed by atoms with Gasteiger partial charge in [-0.15, -0.1) is 0 Å². The van der Waals surface area contributed by atoms with Crippen LogP contribution >= 0.6 is 0 Å². The van der Waals surface area contributed by atoms with E-state index in [0.717, 1.165) is 11.3 Å². The number of carbonyl (C=O) groups is 3. The summed E-state index contributed by atoms with van der Waals surface area (Å²) in [4.78, 5) is 36.5. The lowest BCUT2D eigenvalue weighted by molar-refractivity contribution is -0.134. The number of benzene rings is 1. The van der Waals surface area contributed by atoms with E-state index in [1.165, 1.54) is 0 Å². The first-order chi connectivity index (χ1) is 10.1. The molecule has 0 aliphatic carbocycles. The molecule has 1 aromatic rings. The molecular formula is C14H15N3O4. The number of hydrogen-bond acceptors (Lipinski definition) is 4. The molecule has 7 heteroatoms. The first-order valence-corrected chi connectivity index (χ1v) is 6.73. The van der Waals surface area contributed by atoms with E-state index in [1.807, 2.05) is 24.3 Å². The number of nitrogens with zero attached hydrogens (tertiary/aromatic N) is 1. The minimum absolute atomic E-state index is 0.0419. The Labute approximate surface area is 121 Å². The van der Waals surface area contributed by atoms with Gasteiger partial charge in [0.1, 0.15) is 18.4 Å². The normalized spacial score (nSPS) is 21.0. The standard InChI is InChI=1S/C14H15N3O4/c18-12(7-10-13(19)16-14(20)15-10)17-5-6-21-11-4-2-1-3-9(11)8-17/h1-4,10H,5-8H2,(H2,15,16,19,20)/t10-/m0/s1. The number of urea groups is 1. The third-order valence-corrected chi connectivity index (χ3v) is 3.54. The van der Waals surface area contributed by atoms with Crippen molar-refractivity contribution in [3.63, 3.8) is 0 Å². The van der Waals surface area contributed by atoms with Gasteiger partial charge in [-0.1, -0.05) is 18.2 Å². The van der Waals surface area contributed by atoms with Crippen LogP contribution in [0, 0.1) is 0 Å². The zero-order valence-electron chi connectivity index (χ0n) is 11.3. The zero-order valence-corrected chi connectivity index (χ0v) is 11.3. The average Bonchev–Trinajstić information content (AvgIpc) is 2.67. The molecule has 2 aliphatic heterocycles. The lowest BCUT2D eigenvalue weighted by atomic mass is 10.1. The van der Waals surface area contributed by atoms with Crippen LogP contribution in [-0.4, -0.2) is 41.9 Å². The molecule has 1 aromatic carbocycles. The molecule has 0 unspecified atom stereocenters. The molecule has 3 rings (SSSR count). The van der Waals surface area contributed by atoms with Gasteiger partial charge < -0.3 is 15.0 Å². The Balaban J connectivity index is 1.68. The van der Waals surface area contributed by atoms with Gasteiger partial charge in [0.05, 0.1) is 13.0 Å². The maximum absolute atomic E-state index is 12.3. The van der Waals surface area contributed by atoms with Crippen molar-refractivity contribution in [3.8, 4) is 5.75 Å². The molecule has 0 saturated carbocycles. The number of imide groups is 1. The predicted octanol–water partition coefficient (Wildman–Crippen LogP) is 0.00570. The van der Waals surface area contributed by atoms with E-state index in [9.17, 15) is 14.4 Å². The van der Waals surface area contributed by atoms with Crippen LogP contribution < -0.4 is 15.4 Å². The molecule has 0 radical (unpaired) electrons. The fourth-order valence-corrected chi connectivity index (χ4v) is 2.44. The molecule has 2 N–H and O–H groups in total. The second kappa shape index (κ2) is 5.43. The van der Waals surface area contributed by atoms with Crippen LogP contribution in [0.25, 0.3) is 0 Å². The number of carbonyl (C=O) groups excluding carboxylic acids is 3. The number of para-hydroxylation sites is 1. The minimum atomic E-state index is -0.788. The van der Waals surface area contributed by atoms with Crippen molar-refractivity contribution in [2.24, 2.45) is 0 Å². The van der Waals surface area contributed by atoms with E-state index in [-0.39, 0.29) is 12.3 Å². The fraction of sp³-hybridized carbons (Fsp3) is 0.357. The topological polar surface area (TPSA) is 87.7 Å². The highest BCUT2D eigenvalue weighted by atomic mass is 16.5. The lowest BCUT2D eigenvalue weighted by Gasteiger charge is -2.21. The van der Waals surface area contributed by atoms with Crippen LogP contribution in [-0.2, 0) is 16.1 Å². The van der Waals surface area contributed by atoms with Crippen LogP contribution in [0.15, 0.2) is 24.3 Å². The van der Waals surface area contributed by atoms with Gasteiger partial charge in [-0.2, -0.15) is 0 Å². The molecule has 0 aromatic heterocycles. The summed E-state index contributed by atoms with van der Waals surface area (Å²) < 4.78 is 5.59. The van der Waals surface area contributed by atoms with Gasteiger partial charge in [-0.05, 0) is 6.07 Å². The summed E-state index contributed by atoms with van der Waals surface area (Å²) in [5.41, 5.74) is 0.934. The van der Waals surface area contributed by atoms with E-state index in [4.69, 9.17) is 4.74 Å². The minimum Gasteiger partial charge on any atom is -0.491 e. The van der Waals surface area contributed by atoms with Crippen molar-refractivity contribution in [1.29, 1.82) is 0 Å². The Kier molecular flexibility index (Phi) is 3.47. The van der Waals surface area contributed by atoms with Crippen LogP contribution in [0.3, 0.4) is 0 Å². The Bertz CT molecular complexity index is 602. The SMILES string of the molecule is O=C1NC(=O)[C@H](CC(=O)N2CCOc3ccccc3C2)N1. The third kappa shape index (κ3) is 2.81. The van der Waals surface area contributed by atoms with Gasteiger partial charge >= 0.3 is 6.03 Å². The molecule has 1 fully saturated rings. The highest BCUT2D eigenvalue weighted by Crippen LogP contribution is 2.22. The maximum Gasteiger partial charge on any atom is 0.322 e. The molecule has 0 bridgehead atoms. The second-order valence-corrected chi connectivity index (χ2v) is 4.99. The summed E-state index contributed by atoms with van der Waals surface area (Å²) in [5, 5.41) is 4.55. The van der Waals surface area contributed by atoms with E-state index < -0.39 is 18.0 Å². The predicted molar refractivity (Wildman–Crippen MR) is 72.4 cm³/mol. The summed E-state index contributed by atoms with van der Waals surface area (Å²) in [5.74, 6) is 0.136. The Hall–Kier alpha value is -2.57. The van der Waals surface area contributed by atoms with Gasteiger partial charge in [-0.25, -0.2) is 4.79 Å². The summed E-state index contributed by atoms with van der Waals surface area (Å²) >= 11 is 0. The molecule has 2 aliphatic rings. The van der Waals surface area contributed by atoms with Crippen molar-refractivity contribution in [1.82, 2.24) is 15.5 Å². The molecule has 2 heterocycles. The van der Waals surface area contributed by atoms with E-state index >= 15 is 0 Å². The zero-order chi connectivity index (χ0) is 14.8. The highest BCUT2D eigenvalue weighted by Gasteiger charge is 2.33. The Morgan fingerprint density at radius 1 is 1.33 bits per heavy atom. The number of rotatable bonds is 2.